The maximum absolute atomic E-state index is 13.4. The highest BCUT2D eigenvalue weighted by atomic mass is 35.5. The van der Waals surface area contributed by atoms with Crippen LogP contribution in [-0.4, -0.2) is 54.2 Å². The first-order valence-corrected chi connectivity index (χ1v) is 12.4. The monoisotopic (exact) mass is 532 g/mol. The molecule has 0 N–H and O–H groups in total. The third-order valence-electron chi connectivity index (χ3n) is 6.56. The zero-order valence-corrected chi connectivity index (χ0v) is 21.7. The zero-order chi connectivity index (χ0) is 26.8. The van der Waals surface area contributed by atoms with Gasteiger partial charge in [0, 0.05) is 21.7 Å². The second kappa shape index (κ2) is 10.6. The van der Waals surface area contributed by atoms with Gasteiger partial charge in [-0.3, -0.25) is 19.0 Å². The molecule has 8 nitrogen and oxygen atoms in total. The average Bonchev–Trinajstić information content (AvgIpc) is 3.20. The van der Waals surface area contributed by atoms with Gasteiger partial charge in [0.15, 0.2) is 6.73 Å². The Morgan fingerprint density at radius 1 is 1.05 bits per heavy atom. The predicted molar refractivity (Wildman–Crippen MR) is 142 cm³/mol. The number of ether oxygens (including phenoxy) is 3. The molecule has 9 heteroatoms. The molecule has 0 saturated carbocycles. The van der Waals surface area contributed by atoms with Gasteiger partial charge in [-0.2, -0.15) is 0 Å². The second-order valence-corrected chi connectivity index (χ2v) is 9.27. The summed E-state index contributed by atoms with van der Waals surface area (Å²) in [6.45, 7) is 2.51. The number of benzene rings is 3. The van der Waals surface area contributed by atoms with Crippen molar-refractivity contribution in [1.29, 1.82) is 0 Å². The van der Waals surface area contributed by atoms with E-state index in [-0.39, 0.29) is 31.6 Å². The summed E-state index contributed by atoms with van der Waals surface area (Å²) in [7, 11) is 1.33. The normalized spacial score (nSPS) is 12.7. The number of hydrogen-bond acceptors (Lipinski definition) is 6. The maximum atomic E-state index is 13.4. The molecule has 0 saturated heterocycles. The number of carbonyl (C=O) groups excluding carboxylic acids is 3. The number of halogens is 1. The maximum Gasteiger partial charge on any atom is 0.310 e. The molecule has 0 spiro atoms. The number of aromatic nitrogens is 1. The molecular formula is C29H25ClN2O6. The van der Waals surface area contributed by atoms with Crippen LogP contribution in [0.3, 0.4) is 0 Å². The summed E-state index contributed by atoms with van der Waals surface area (Å²) in [4.78, 5) is 40.0. The molecule has 0 fully saturated rings. The van der Waals surface area contributed by atoms with Gasteiger partial charge in [0.1, 0.15) is 18.1 Å². The van der Waals surface area contributed by atoms with Crippen molar-refractivity contribution in [2.45, 2.75) is 13.3 Å². The molecule has 1 amide bonds. The van der Waals surface area contributed by atoms with Gasteiger partial charge in [-0.05, 0) is 67.1 Å². The van der Waals surface area contributed by atoms with Crippen LogP contribution in [0.5, 0.6) is 11.5 Å². The van der Waals surface area contributed by atoms with Gasteiger partial charge < -0.3 is 19.1 Å². The van der Waals surface area contributed by atoms with Gasteiger partial charge >= 0.3 is 5.97 Å². The molecule has 38 heavy (non-hydrogen) atoms. The molecule has 1 aliphatic rings. The lowest BCUT2D eigenvalue weighted by molar-refractivity contribution is -0.139. The van der Waals surface area contributed by atoms with Gasteiger partial charge in [0.05, 0.1) is 31.2 Å². The lowest BCUT2D eigenvalue weighted by atomic mass is 10.1. The molecule has 5 rings (SSSR count). The van der Waals surface area contributed by atoms with E-state index in [1.54, 1.807) is 77.1 Å². The fourth-order valence-electron chi connectivity index (χ4n) is 4.56. The molecule has 1 aromatic heterocycles. The van der Waals surface area contributed by atoms with E-state index in [1.165, 1.54) is 7.11 Å². The molecule has 4 aromatic rings. The summed E-state index contributed by atoms with van der Waals surface area (Å²) in [5.74, 6) is 0.357. The van der Waals surface area contributed by atoms with Crippen molar-refractivity contribution in [2.24, 2.45) is 0 Å². The minimum atomic E-state index is -0.415. The number of hydrogen-bond donors (Lipinski definition) is 0. The Kier molecular flexibility index (Phi) is 7.07. The van der Waals surface area contributed by atoms with Crippen LogP contribution in [0.25, 0.3) is 10.9 Å². The predicted octanol–water partition coefficient (Wildman–Crippen LogP) is 4.88. The summed E-state index contributed by atoms with van der Waals surface area (Å²) < 4.78 is 18.1. The minimum absolute atomic E-state index is 0.00219. The quantitative estimate of drug-likeness (QED) is 0.315. The number of amides is 1. The minimum Gasteiger partial charge on any atom is -0.492 e. The Labute approximate surface area is 224 Å². The number of esters is 1. The van der Waals surface area contributed by atoms with Crippen molar-refractivity contribution in [3.8, 4) is 11.5 Å². The lowest BCUT2D eigenvalue weighted by Gasteiger charge is -2.28. The van der Waals surface area contributed by atoms with E-state index < -0.39 is 5.97 Å². The van der Waals surface area contributed by atoms with E-state index in [1.807, 2.05) is 6.07 Å². The summed E-state index contributed by atoms with van der Waals surface area (Å²) in [6, 6.07) is 19.1. The van der Waals surface area contributed by atoms with Crippen LogP contribution in [0.15, 0.2) is 66.7 Å². The smallest absolute Gasteiger partial charge is 0.310 e. The highest BCUT2D eigenvalue weighted by Gasteiger charge is 2.25. The van der Waals surface area contributed by atoms with Crippen molar-refractivity contribution >= 4 is 40.3 Å². The molecule has 0 aliphatic carbocycles. The SMILES string of the molecule is COC(=O)Cc1c(C)n(C(=O)c2ccc(Cl)cc2)c2ccc(OCCN3COc4ccccc4C3=O)cc12. The first-order valence-electron chi connectivity index (χ1n) is 12.0. The van der Waals surface area contributed by atoms with Crippen LogP contribution in [0.2, 0.25) is 5.02 Å². The third kappa shape index (κ3) is 4.82. The first kappa shape index (κ1) is 25.4. The van der Waals surface area contributed by atoms with E-state index in [0.29, 0.717) is 56.4 Å². The van der Waals surface area contributed by atoms with Crippen LogP contribution in [-0.2, 0) is 16.0 Å². The highest BCUT2D eigenvalue weighted by Crippen LogP contribution is 2.31. The van der Waals surface area contributed by atoms with Crippen molar-refractivity contribution in [1.82, 2.24) is 9.47 Å². The highest BCUT2D eigenvalue weighted by molar-refractivity contribution is 6.30. The largest absolute Gasteiger partial charge is 0.492 e. The molecule has 0 unspecified atom stereocenters. The van der Waals surface area contributed by atoms with Crippen LogP contribution in [0, 0.1) is 6.92 Å². The van der Waals surface area contributed by atoms with E-state index in [2.05, 4.69) is 0 Å². The van der Waals surface area contributed by atoms with Gasteiger partial charge in [-0.15, -0.1) is 0 Å². The van der Waals surface area contributed by atoms with E-state index in [4.69, 9.17) is 25.8 Å². The molecule has 0 radical (unpaired) electrons. The zero-order valence-electron chi connectivity index (χ0n) is 20.9. The van der Waals surface area contributed by atoms with Crippen LogP contribution >= 0.6 is 11.6 Å². The summed E-state index contributed by atoms with van der Waals surface area (Å²) in [5, 5.41) is 1.24. The van der Waals surface area contributed by atoms with Crippen molar-refractivity contribution in [2.75, 3.05) is 27.0 Å². The number of fused-ring (bicyclic) bond motifs is 2. The van der Waals surface area contributed by atoms with Gasteiger partial charge in [0.2, 0.25) is 0 Å². The molecule has 194 valence electrons. The van der Waals surface area contributed by atoms with Gasteiger partial charge in [0.25, 0.3) is 11.8 Å². The fraction of sp³-hybridized carbons (Fsp3) is 0.207. The van der Waals surface area contributed by atoms with E-state index in [0.717, 1.165) is 0 Å². The van der Waals surface area contributed by atoms with Crippen LogP contribution < -0.4 is 9.47 Å². The summed E-state index contributed by atoms with van der Waals surface area (Å²) in [5.41, 5.74) is 2.95. The van der Waals surface area contributed by atoms with Crippen LogP contribution in [0.4, 0.5) is 0 Å². The molecule has 3 aromatic carbocycles. The molecule has 1 aliphatic heterocycles. The molecular weight excluding hydrogens is 508 g/mol. The topological polar surface area (TPSA) is 87.1 Å². The van der Waals surface area contributed by atoms with E-state index >= 15 is 0 Å². The second-order valence-electron chi connectivity index (χ2n) is 8.83. The molecule has 2 heterocycles. The first-order chi connectivity index (χ1) is 18.4. The van der Waals surface area contributed by atoms with Crippen molar-refractivity contribution < 1.29 is 28.6 Å². The molecule has 0 bridgehead atoms. The molecule has 0 atom stereocenters. The fourth-order valence-corrected chi connectivity index (χ4v) is 4.69. The number of methoxy groups -OCH3 is 1. The van der Waals surface area contributed by atoms with Crippen molar-refractivity contribution in [3.63, 3.8) is 0 Å². The number of para-hydroxylation sites is 1. The third-order valence-corrected chi connectivity index (χ3v) is 6.81. The summed E-state index contributed by atoms with van der Waals surface area (Å²) in [6.07, 6.45) is 0.00219. The number of nitrogens with zero attached hydrogens (tertiary/aromatic N) is 2. The lowest BCUT2D eigenvalue weighted by Crippen LogP contribution is -2.40. The number of rotatable bonds is 7. The number of carbonyl (C=O) groups is 3. The Hall–Kier alpha value is -4.30. The van der Waals surface area contributed by atoms with Crippen molar-refractivity contribution in [3.05, 3.63) is 94.1 Å². The Balaban J connectivity index is 1.40. The average molecular weight is 533 g/mol. The van der Waals surface area contributed by atoms with Crippen LogP contribution in [0.1, 0.15) is 32.0 Å². The van der Waals surface area contributed by atoms with E-state index in [9.17, 15) is 14.4 Å². The van der Waals surface area contributed by atoms with Gasteiger partial charge in [-0.25, -0.2) is 0 Å². The Morgan fingerprint density at radius 2 is 1.82 bits per heavy atom. The standard InChI is InChI=1S/C29H25ClN2O6/c1-18-23(16-27(33)36-2)24-15-21(11-12-25(24)32(18)28(34)19-7-9-20(30)10-8-19)37-14-13-31-17-38-26-6-4-3-5-22(26)29(31)35/h3-12,15H,13-14,16-17H2,1-2H3. The van der Waals surface area contributed by atoms with Gasteiger partial charge in [-0.1, -0.05) is 23.7 Å². The Bertz CT molecular complexity index is 1540. The summed E-state index contributed by atoms with van der Waals surface area (Å²) >= 11 is 5.99. The Morgan fingerprint density at radius 3 is 2.58 bits per heavy atom.